The highest BCUT2D eigenvalue weighted by atomic mass is 35.5. The van der Waals surface area contributed by atoms with Gasteiger partial charge < -0.3 is 4.98 Å². The predicted molar refractivity (Wildman–Crippen MR) is 65.6 cm³/mol. The fourth-order valence-electron chi connectivity index (χ4n) is 2.10. The van der Waals surface area contributed by atoms with Crippen molar-refractivity contribution in [2.24, 2.45) is 0 Å². The first-order valence-electron chi connectivity index (χ1n) is 5.65. The molecule has 1 saturated heterocycles. The Morgan fingerprint density at radius 1 is 1.59 bits per heavy atom. The van der Waals surface area contributed by atoms with E-state index >= 15 is 0 Å². The molecule has 0 radical (unpaired) electrons. The number of hydrogen-bond acceptors (Lipinski definition) is 3. The monoisotopic (exact) mass is 277 g/mol. The molecular formula is C10H16ClN3O2S. The average Bonchev–Trinajstić information content (AvgIpc) is 2.76. The molecule has 17 heavy (non-hydrogen) atoms. The van der Waals surface area contributed by atoms with Gasteiger partial charge >= 0.3 is 0 Å². The van der Waals surface area contributed by atoms with Crippen LogP contribution in [0.25, 0.3) is 0 Å². The maximum Gasteiger partial charge on any atom is 0.260 e. The Kier molecular flexibility index (Phi) is 3.75. The molecular weight excluding hydrogens is 262 g/mol. The lowest BCUT2D eigenvalue weighted by molar-refractivity contribution is 0.270. The summed E-state index contributed by atoms with van der Waals surface area (Å²) in [6.07, 6.45) is 4.12. The van der Waals surface area contributed by atoms with Crippen molar-refractivity contribution in [3.8, 4) is 0 Å². The summed E-state index contributed by atoms with van der Waals surface area (Å²) in [6.45, 7) is 2.27. The molecule has 0 saturated carbocycles. The van der Waals surface area contributed by atoms with E-state index in [9.17, 15) is 8.42 Å². The summed E-state index contributed by atoms with van der Waals surface area (Å²) in [7, 11) is -3.47. The summed E-state index contributed by atoms with van der Waals surface area (Å²) >= 11 is 5.84. The van der Waals surface area contributed by atoms with Crippen LogP contribution in [0.3, 0.4) is 0 Å². The van der Waals surface area contributed by atoms with Gasteiger partial charge in [0.2, 0.25) is 0 Å². The third-order valence-electron chi connectivity index (χ3n) is 3.02. The lowest BCUT2D eigenvalue weighted by Crippen LogP contribution is -2.44. The fraction of sp³-hybridized carbons (Fsp3) is 0.700. The molecule has 2 heterocycles. The van der Waals surface area contributed by atoms with Gasteiger partial charge in [0.25, 0.3) is 10.0 Å². The molecule has 0 bridgehead atoms. The van der Waals surface area contributed by atoms with Gasteiger partial charge in [-0.25, -0.2) is 13.4 Å². The van der Waals surface area contributed by atoms with Crippen LogP contribution in [0, 0.1) is 6.92 Å². The Bertz CT molecular complexity index is 485. The van der Waals surface area contributed by atoms with Crippen LogP contribution in [-0.4, -0.2) is 41.2 Å². The van der Waals surface area contributed by atoms with E-state index in [0.29, 0.717) is 18.2 Å². The van der Waals surface area contributed by atoms with E-state index in [1.165, 1.54) is 10.5 Å². The number of nitrogens with zero attached hydrogens (tertiary/aromatic N) is 2. The minimum atomic E-state index is -3.47. The topological polar surface area (TPSA) is 66.1 Å². The van der Waals surface area contributed by atoms with Gasteiger partial charge in [0, 0.05) is 18.5 Å². The summed E-state index contributed by atoms with van der Waals surface area (Å²) in [5.74, 6) is 0.940. The molecule has 1 unspecified atom stereocenters. The van der Waals surface area contributed by atoms with E-state index in [4.69, 9.17) is 11.6 Å². The Hall–Kier alpha value is -0.590. The van der Waals surface area contributed by atoms with Gasteiger partial charge in [0.15, 0.2) is 5.03 Å². The summed E-state index contributed by atoms with van der Waals surface area (Å²) < 4.78 is 26.2. The molecule has 0 aliphatic carbocycles. The Morgan fingerprint density at radius 2 is 2.35 bits per heavy atom. The summed E-state index contributed by atoms with van der Waals surface area (Å²) in [5.41, 5.74) is 0. The van der Waals surface area contributed by atoms with Crippen molar-refractivity contribution in [1.82, 2.24) is 14.3 Å². The summed E-state index contributed by atoms with van der Waals surface area (Å²) in [6, 6.07) is -0.0981. The van der Waals surface area contributed by atoms with Crippen LogP contribution >= 0.6 is 11.6 Å². The third kappa shape index (κ3) is 2.48. The van der Waals surface area contributed by atoms with E-state index in [2.05, 4.69) is 9.97 Å². The molecule has 1 aromatic heterocycles. The van der Waals surface area contributed by atoms with Crippen LogP contribution in [0.5, 0.6) is 0 Å². The lowest BCUT2D eigenvalue weighted by atomic mass is 10.1. The highest BCUT2D eigenvalue weighted by Crippen LogP contribution is 2.25. The first-order chi connectivity index (χ1) is 8.05. The molecule has 7 heteroatoms. The standard InChI is InChI=1S/C10H16ClN3O2S/c1-8-12-7-10(13-8)17(15,16)14-5-3-2-4-9(14)6-11/h7,9H,2-6H2,1H3,(H,12,13). The van der Waals surface area contributed by atoms with Crippen molar-refractivity contribution in [3.63, 3.8) is 0 Å². The first kappa shape index (κ1) is 12.9. The number of hydrogen-bond donors (Lipinski definition) is 1. The molecule has 1 N–H and O–H groups in total. The van der Waals surface area contributed by atoms with E-state index in [-0.39, 0.29) is 11.1 Å². The Balaban J connectivity index is 2.30. The Labute approximate surface area is 106 Å². The zero-order valence-electron chi connectivity index (χ0n) is 9.69. The number of imidazole rings is 1. The van der Waals surface area contributed by atoms with E-state index < -0.39 is 10.0 Å². The molecule has 1 aliphatic rings. The highest BCUT2D eigenvalue weighted by Gasteiger charge is 2.33. The van der Waals surface area contributed by atoms with Crippen LogP contribution in [0.4, 0.5) is 0 Å². The second-order valence-electron chi connectivity index (χ2n) is 4.25. The van der Waals surface area contributed by atoms with E-state index in [0.717, 1.165) is 19.3 Å². The molecule has 0 amide bonds. The normalized spacial score (nSPS) is 22.8. The summed E-state index contributed by atoms with van der Waals surface area (Å²) in [5, 5.41) is 0.159. The van der Waals surface area contributed by atoms with Crippen LogP contribution in [0.1, 0.15) is 25.1 Å². The predicted octanol–water partition coefficient (Wildman–Crippen LogP) is 1.50. The number of piperidine rings is 1. The average molecular weight is 278 g/mol. The highest BCUT2D eigenvalue weighted by molar-refractivity contribution is 7.89. The smallest absolute Gasteiger partial charge is 0.260 e. The molecule has 0 spiro atoms. The second-order valence-corrected chi connectivity index (χ2v) is 6.42. The van der Waals surface area contributed by atoms with Crippen LogP contribution in [-0.2, 0) is 10.0 Å². The fourth-order valence-corrected chi connectivity index (χ4v) is 4.16. The molecule has 5 nitrogen and oxygen atoms in total. The van der Waals surface area contributed by atoms with Crippen LogP contribution in [0.2, 0.25) is 0 Å². The molecule has 0 aromatic carbocycles. The largest absolute Gasteiger partial charge is 0.332 e. The van der Waals surface area contributed by atoms with Crippen LogP contribution in [0.15, 0.2) is 11.2 Å². The van der Waals surface area contributed by atoms with Crippen molar-refractivity contribution < 1.29 is 8.42 Å². The number of H-pyrrole nitrogens is 1. The zero-order valence-corrected chi connectivity index (χ0v) is 11.3. The minimum absolute atomic E-state index is 0.0981. The van der Waals surface area contributed by atoms with Gasteiger partial charge in [-0.05, 0) is 19.8 Å². The molecule has 2 rings (SSSR count). The number of aromatic nitrogens is 2. The molecule has 96 valence electrons. The van der Waals surface area contributed by atoms with Gasteiger partial charge in [-0.2, -0.15) is 4.31 Å². The minimum Gasteiger partial charge on any atom is -0.332 e. The SMILES string of the molecule is Cc1ncc(S(=O)(=O)N2CCCCC2CCl)[nH]1. The summed E-state index contributed by atoms with van der Waals surface area (Å²) in [4.78, 5) is 6.71. The second kappa shape index (κ2) is 4.96. The first-order valence-corrected chi connectivity index (χ1v) is 7.62. The van der Waals surface area contributed by atoms with Crippen molar-refractivity contribution in [2.45, 2.75) is 37.3 Å². The number of rotatable bonds is 3. The molecule has 1 aromatic rings. The van der Waals surface area contributed by atoms with E-state index in [1.54, 1.807) is 6.92 Å². The lowest BCUT2D eigenvalue weighted by Gasteiger charge is -2.32. The van der Waals surface area contributed by atoms with Crippen LogP contribution < -0.4 is 0 Å². The quantitative estimate of drug-likeness (QED) is 0.852. The van der Waals surface area contributed by atoms with Crippen molar-refractivity contribution in [3.05, 3.63) is 12.0 Å². The number of sulfonamides is 1. The number of alkyl halides is 1. The molecule has 1 atom stereocenters. The van der Waals surface area contributed by atoms with E-state index in [1.807, 2.05) is 0 Å². The van der Waals surface area contributed by atoms with Gasteiger partial charge in [-0.15, -0.1) is 11.6 Å². The van der Waals surface area contributed by atoms with Crippen molar-refractivity contribution in [2.75, 3.05) is 12.4 Å². The van der Waals surface area contributed by atoms with Gasteiger partial charge in [0.1, 0.15) is 5.82 Å². The maximum atomic E-state index is 12.4. The molecule has 1 fully saturated rings. The van der Waals surface area contributed by atoms with Gasteiger partial charge in [-0.3, -0.25) is 0 Å². The Morgan fingerprint density at radius 3 is 2.94 bits per heavy atom. The van der Waals surface area contributed by atoms with Gasteiger partial charge in [-0.1, -0.05) is 6.42 Å². The number of halogens is 1. The number of aromatic amines is 1. The number of aryl methyl sites for hydroxylation is 1. The van der Waals surface area contributed by atoms with Crippen molar-refractivity contribution in [1.29, 1.82) is 0 Å². The van der Waals surface area contributed by atoms with Crippen molar-refractivity contribution >= 4 is 21.6 Å². The third-order valence-corrected chi connectivity index (χ3v) is 5.24. The molecule has 1 aliphatic heterocycles. The number of nitrogens with one attached hydrogen (secondary N) is 1. The van der Waals surface area contributed by atoms with Gasteiger partial charge in [0.05, 0.1) is 6.20 Å². The zero-order chi connectivity index (χ0) is 12.5. The maximum absolute atomic E-state index is 12.4.